The second kappa shape index (κ2) is 8.67. The van der Waals surface area contributed by atoms with Crippen molar-refractivity contribution in [2.24, 2.45) is 5.92 Å². The molecule has 10 heteroatoms. The van der Waals surface area contributed by atoms with Crippen LogP contribution in [0.3, 0.4) is 0 Å². The number of nitrogen functional groups attached to an aromatic ring is 1. The van der Waals surface area contributed by atoms with Gasteiger partial charge in [-0.1, -0.05) is 0 Å². The third kappa shape index (κ3) is 3.79. The minimum atomic E-state index is -0.685. The summed E-state index contributed by atoms with van der Waals surface area (Å²) in [5, 5.41) is 16.0. The summed E-state index contributed by atoms with van der Waals surface area (Å²) >= 11 is 0. The number of ether oxygens (including phenoxy) is 2. The highest BCUT2D eigenvalue weighted by Crippen LogP contribution is 2.39. The third-order valence-electron chi connectivity index (χ3n) is 6.34. The zero-order chi connectivity index (χ0) is 23.8. The Morgan fingerprint density at radius 3 is 3.00 bits per heavy atom. The molecule has 9 nitrogen and oxygen atoms in total. The lowest BCUT2D eigenvalue weighted by Gasteiger charge is -2.22. The average Bonchev–Trinajstić information content (AvgIpc) is 3.29. The maximum absolute atomic E-state index is 15.3. The Kier molecular flexibility index (Phi) is 5.53. The Balaban J connectivity index is 1.47. The van der Waals surface area contributed by atoms with Crippen LogP contribution in [0, 0.1) is 30.0 Å². The van der Waals surface area contributed by atoms with Gasteiger partial charge in [0, 0.05) is 35.5 Å². The Morgan fingerprint density at radius 2 is 2.18 bits per heavy atom. The third-order valence-corrected chi connectivity index (χ3v) is 6.34. The van der Waals surface area contributed by atoms with Gasteiger partial charge in [0.2, 0.25) is 5.88 Å². The molecule has 34 heavy (non-hydrogen) atoms. The van der Waals surface area contributed by atoms with Crippen LogP contribution in [0.4, 0.5) is 26.4 Å². The SMILES string of the molecule is Cc1c(-c2cc3cc(NC(=O)O[C@H]4CCC[C@@H]4C#N)ncc3c(N)c2F)cnc2c1NCCO2. The van der Waals surface area contributed by atoms with E-state index in [-0.39, 0.29) is 23.0 Å². The zero-order valence-electron chi connectivity index (χ0n) is 18.5. The molecule has 1 aromatic carbocycles. The smallest absolute Gasteiger partial charge is 0.413 e. The van der Waals surface area contributed by atoms with Gasteiger partial charge in [0.25, 0.3) is 0 Å². The Hall–Kier alpha value is -4.13. The first-order chi connectivity index (χ1) is 16.5. The number of pyridine rings is 2. The number of fused-ring (bicyclic) bond motifs is 2. The van der Waals surface area contributed by atoms with E-state index in [0.29, 0.717) is 41.8 Å². The maximum atomic E-state index is 15.3. The van der Waals surface area contributed by atoms with Crippen molar-refractivity contribution in [3.8, 4) is 23.1 Å². The summed E-state index contributed by atoms with van der Waals surface area (Å²) in [6.07, 6.45) is 4.08. The molecular weight excluding hydrogens is 439 g/mol. The topological polar surface area (TPSA) is 135 Å². The number of nitriles is 1. The number of hydrogen-bond acceptors (Lipinski definition) is 8. The average molecular weight is 462 g/mol. The van der Waals surface area contributed by atoms with Gasteiger partial charge in [-0.2, -0.15) is 5.26 Å². The molecule has 2 atom stereocenters. The number of nitrogens with zero attached hydrogens (tertiary/aromatic N) is 3. The summed E-state index contributed by atoms with van der Waals surface area (Å²) in [6, 6.07) is 5.44. The predicted octanol–water partition coefficient (Wildman–Crippen LogP) is 4.37. The van der Waals surface area contributed by atoms with Gasteiger partial charge < -0.3 is 20.5 Å². The van der Waals surface area contributed by atoms with Crippen molar-refractivity contribution in [2.75, 3.05) is 29.5 Å². The first-order valence-corrected chi connectivity index (χ1v) is 11.1. The van der Waals surface area contributed by atoms with Crippen LogP contribution in [0.1, 0.15) is 24.8 Å². The van der Waals surface area contributed by atoms with Crippen molar-refractivity contribution in [3.05, 3.63) is 35.9 Å². The minimum absolute atomic E-state index is 0.0433. The molecule has 0 radical (unpaired) electrons. The van der Waals surface area contributed by atoms with E-state index in [1.165, 1.54) is 6.20 Å². The monoisotopic (exact) mass is 462 g/mol. The number of anilines is 3. The Labute approximate surface area is 195 Å². The van der Waals surface area contributed by atoms with E-state index < -0.39 is 18.0 Å². The lowest BCUT2D eigenvalue weighted by Crippen LogP contribution is -2.25. The van der Waals surface area contributed by atoms with Gasteiger partial charge in [-0.05, 0) is 49.3 Å². The molecule has 174 valence electrons. The number of aromatic nitrogens is 2. The molecule has 3 heterocycles. The van der Waals surface area contributed by atoms with E-state index in [0.717, 1.165) is 24.1 Å². The summed E-state index contributed by atoms with van der Waals surface area (Å²) in [4.78, 5) is 20.9. The molecule has 0 saturated heterocycles. The van der Waals surface area contributed by atoms with E-state index in [9.17, 15) is 10.1 Å². The standard InChI is InChI=1S/C24H23FN6O3/c1-12-16(10-30-23-22(12)28-5-6-33-23)15-7-14-8-19(29-11-17(14)21(27)20(15)25)31-24(32)34-18-4-2-3-13(18)9-26/h7-8,10-11,13,18,28H,2-6,27H2,1H3,(H,29,31,32)/t13-,18+/m1/s1. The van der Waals surface area contributed by atoms with Crippen molar-refractivity contribution >= 4 is 34.1 Å². The maximum Gasteiger partial charge on any atom is 0.413 e. The molecule has 1 aliphatic carbocycles. The largest absolute Gasteiger partial charge is 0.474 e. The van der Waals surface area contributed by atoms with Crippen LogP contribution in [0.25, 0.3) is 21.9 Å². The molecule has 0 bridgehead atoms. The molecule has 3 aromatic rings. The second-order valence-corrected chi connectivity index (χ2v) is 8.43. The van der Waals surface area contributed by atoms with Crippen molar-refractivity contribution < 1.29 is 18.7 Å². The molecule has 5 rings (SSSR count). The first kappa shape index (κ1) is 21.7. The van der Waals surface area contributed by atoms with Crippen LogP contribution < -0.4 is 21.1 Å². The number of carbonyl (C=O) groups is 1. The number of hydrogen-bond donors (Lipinski definition) is 3. The number of halogens is 1. The number of carbonyl (C=O) groups excluding carboxylic acids is 1. The summed E-state index contributed by atoms with van der Waals surface area (Å²) in [5.74, 6) is -0.151. The van der Waals surface area contributed by atoms with Crippen LogP contribution in [0.5, 0.6) is 5.88 Å². The molecule has 0 spiro atoms. The van der Waals surface area contributed by atoms with Crippen molar-refractivity contribution in [2.45, 2.75) is 32.3 Å². The fourth-order valence-electron chi connectivity index (χ4n) is 4.54. The van der Waals surface area contributed by atoms with Crippen LogP contribution in [-0.4, -0.2) is 35.3 Å². The summed E-state index contributed by atoms with van der Waals surface area (Å²) < 4.78 is 26.3. The van der Waals surface area contributed by atoms with E-state index in [4.69, 9.17) is 15.2 Å². The van der Waals surface area contributed by atoms with Crippen LogP contribution in [-0.2, 0) is 4.74 Å². The quantitative estimate of drug-likeness (QED) is 0.488. The summed E-state index contributed by atoms with van der Waals surface area (Å²) in [5.41, 5.74) is 8.46. The Morgan fingerprint density at radius 1 is 1.32 bits per heavy atom. The highest BCUT2D eigenvalue weighted by atomic mass is 19.1. The molecule has 4 N–H and O–H groups in total. The molecule has 1 fully saturated rings. The zero-order valence-corrected chi connectivity index (χ0v) is 18.5. The first-order valence-electron chi connectivity index (χ1n) is 11.1. The van der Waals surface area contributed by atoms with Crippen LogP contribution in [0.2, 0.25) is 0 Å². The lowest BCUT2D eigenvalue weighted by atomic mass is 9.97. The van der Waals surface area contributed by atoms with Gasteiger partial charge in [-0.15, -0.1) is 0 Å². The molecule has 2 aromatic heterocycles. The van der Waals surface area contributed by atoms with Crippen LogP contribution >= 0.6 is 0 Å². The number of rotatable bonds is 3. The number of nitrogens with two attached hydrogens (primary N) is 1. The number of amides is 1. The summed E-state index contributed by atoms with van der Waals surface area (Å²) in [7, 11) is 0. The second-order valence-electron chi connectivity index (χ2n) is 8.43. The lowest BCUT2D eigenvalue weighted by molar-refractivity contribution is 0.0999. The van der Waals surface area contributed by atoms with Gasteiger partial charge in [0.1, 0.15) is 24.2 Å². The molecule has 0 unspecified atom stereocenters. The van der Waals surface area contributed by atoms with Gasteiger partial charge in [-0.3, -0.25) is 5.32 Å². The predicted molar refractivity (Wildman–Crippen MR) is 125 cm³/mol. The fourth-order valence-corrected chi connectivity index (χ4v) is 4.54. The highest BCUT2D eigenvalue weighted by molar-refractivity contribution is 5.99. The summed E-state index contributed by atoms with van der Waals surface area (Å²) in [6.45, 7) is 3.01. The molecule has 2 aliphatic rings. The minimum Gasteiger partial charge on any atom is -0.474 e. The van der Waals surface area contributed by atoms with Crippen molar-refractivity contribution in [1.82, 2.24) is 9.97 Å². The normalized spacial score (nSPS) is 19.0. The van der Waals surface area contributed by atoms with Gasteiger partial charge in [0.05, 0.1) is 17.7 Å². The Bertz CT molecular complexity index is 1340. The molecular formula is C24H23FN6O3. The van der Waals surface area contributed by atoms with Gasteiger partial charge in [0.15, 0.2) is 5.82 Å². The van der Waals surface area contributed by atoms with Gasteiger partial charge >= 0.3 is 6.09 Å². The fraction of sp³-hybridized carbons (Fsp3) is 0.333. The van der Waals surface area contributed by atoms with E-state index >= 15 is 4.39 Å². The number of benzene rings is 1. The van der Waals surface area contributed by atoms with Crippen LogP contribution in [0.15, 0.2) is 24.5 Å². The molecule has 1 amide bonds. The number of nitrogens with one attached hydrogen (secondary N) is 2. The van der Waals surface area contributed by atoms with Crippen molar-refractivity contribution in [3.63, 3.8) is 0 Å². The van der Waals surface area contributed by atoms with E-state index in [2.05, 4.69) is 26.7 Å². The van der Waals surface area contributed by atoms with E-state index in [1.54, 1.807) is 18.3 Å². The highest BCUT2D eigenvalue weighted by Gasteiger charge is 2.30. The van der Waals surface area contributed by atoms with Gasteiger partial charge in [-0.25, -0.2) is 19.2 Å². The van der Waals surface area contributed by atoms with E-state index in [1.807, 2.05) is 6.92 Å². The van der Waals surface area contributed by atoms with Crippen molar-refractivity contribution in [1.29, 1.82) is 5.26 Å². The molecule has 1 aliphatic heterocycles. The molecule has 1 saturated carbocycles.